The van der Waals surface area contributed by atoms with Crippen molar-refractivity contribution in [3.8, 4) is 5.75 Å². The van der Waals surface area contributed by atoms with Crippen LogP contribution in [0.3, 0.4) is 0 Å². The second kappa shape index (κ2) is 8.01. The van der Waals surface area contributed by atoms with Gasteiger partial charge in [0.2, 0.25) is 0 Å². The smallest absolute Gasteiger partial charge is 0.123 e. The van der Waals surface area contributed by atoms with Crippen LogP contribution in [0.15, 0.2) is 22.7 Å². The van der Waals surface area contributed by atoms with Gasteiger partial charge in [-0.1, -0.05) is 22.9 Å². The molecule has 0 amide bonds. The predicted octanol–water partition coefficient (Wildman–Crippen LogP) is 3.28. The summed E-state index contributed by atoms with van der Waals surface area (Å²) < 4.78 is 6.58. The summed E-state index contributed by atoms with van der Waals surface area (Å²) in [5, 5.41) is 3.46. The van der Waals surface area contributed by atoms with Gasteiger partial charge >= 0.3 is 0 Å². The van der Waals surface area contributed by atoms with Crippen molar-refractivity contribution in [3.63, 3.8) is 0 Å². The molecule has 0 atom stereocenters. The molecule has 0 unspecified atom stereocenters. The molecule has 1 N–H and O–H groups in total. The number of benzene rings is 1. The van der Waals surface area contributed by atoms with Crippen LogP contribution in [0.1, 0.15) is 25.3 Å². The third-order valence-corrected chi connectivity index (χ3v) is 4.52. The number of halogens is 1. The fourth-order valence-electron chi connectivity index (χ4n) is 2.81. The van der Waals surface area contributed by atoms with E-state index in [0.717, 1.165) is 29.2 Å². The molecule has 0 bridgehead atoms. The van der Waals surface area contributed by atoms with Crippen molar-refractivity contribution in [3.05, 3.63) is 28.2 Å². The van der Waals surface area contributed by atoms with Crippen LogP contribution in [-0.2, 0) is 6.54 Å². The Labute approximate surface area is 130 Å². The summed E-state index contributed by atoms with van der Waals surface area (Å²) in [6.07, 6.45) is 2.59. The summed E-state index contributed by atoms with van der Waals surface area (Å²) in [5.74, 6) is 1.83. The number of rotatable bonds is 6. The van der Waals surface area contributed by atoms with Gasteiger partial charge in [0, 0.05) is 16.6 Å². The first-order valence-electron chi connectivity index (χ1n) is 7.48. The number of nitrogens with one attached hydrogen (secondary N) is 1. The Kier molecular flexibility index (Phi) is 6.33. The van der Waals surface area contributed by atoms with Crippen molar-refractivity contribution < 1.29 is 4.74 Å². The lowest BCUT2D eigenvalue weighted by Crippen LogP contribution is -2.36. The second-order valence-electron chi connectivity index (χ2n) is 5.48. The fourth-order valence-corrected chi connectivity index (χ4v) is 3.22. The normalized spacial score (nSPS) is 17.4. The number of hydrogen-bond donors (Lipinski definition) is 1. The number of methoxy groups -OCH3 is 1. The van der Waals surface area contributed by atoms with Crippen molar-refractivity contribution in [1.29, 1.82) is 0 Å². The van der Waals surface area contributed by atoms with E-state index in [1.165, 1.54) is 38.0 Å². The Balaban J connectivity index is 1.87. The minimum absolute atomic E-state index is 0.843. The molecule has 0 spiro atoms. The minimum atomic E-state index is 0.843. The van der Waals surface area contributed by atoms with E-state index in [0.29, 0.717) is 0 Å². The number of likely N-dealkylation sites (tertiary alicyclic amines) is 1. The van der Waals surface area contributed by atoms with Crippen molar-refractivity contribution in [1.82, 2.24) is 10.2 Å². The zero-order valence-corrected chi connectivity index (χ0v) is 14.1. The van der Waals surface area contributed by atoms with Gasteiger partial charge in [0.25, 0.3) is 0 Å². The summed E-state index contributed by atoms with van der Waals surface area (Å²) in [6.45, 7) is 7.78. The zero-order chi connectivity index (χ0) is 14.4. The summed E-state index contributed by atoms with van der Waals surface area (Å²) in [7, 11) is 1.75. The van der Waals surface area contributed by atoms with Gasteiger partial charge in [-0.25, -0.2) is 0 Å². The largest absolute Gasteiger partial charge is 0.496 e. The van der Waals surface area contributed by atoms with Gasteiger partial charge in [0.15, 0.2) is 0 Å². The van der Waals surface area contributed by atoms with Crippen LogP contribution >= 0.6 is 15.9 Å². The third-order valence-electron chi connectivity index (χ3n) is 4.03. The molecule has 0 aromatic heterocycles. The van der Waals surface area contributed by atoms with Crippen LogP contribution in [0.5, 0.6) is 5.75 Å². The van der Waals surface area contributed by atoms with E-state index in [1.54, 1.807) is 7.11 Å². The molecule has 1 aromatic carbocycles. The maximum Gasteiger partial charge on any atom is 0.123 e. The van der Waals surface area contributed by atoms with Crippen molar-refractivity contribution >= 4 is 15.9 Å². The van der Waals surface area contributed by atoms with Crippen LogP contribution < -0.4 is 10.1 Å². The lowest BCUT2D eigenvalue weighted by molar-refractivity contribution is 0.174. The van der Waals surface area contributed by atoms with E-state index in [4.69, 9.17) is 4.74 Å². The molecular formula is C16H25BrN2O. The number of hydrogen-bond acceptors (Lipinski definition) is 3. The van der Waals surface area contributed by atoms with E-state index in [2.05, 4.69) is 39.1 Å². The molecule has 1 heterocycles. The van der Waals surface area contributed by atoms with Crippen LogP contribution in [0.4, 0.5) is 0 Å². The fraction of sp³-hybridized carbons (Fsp3) is 0.625. The lowest BCUT2D eigenvalue weighted by Gasteiger charge is -2.32. The van der Waals surface area contributed by atoms with Crippen molar-refractivity contribution in [2.24, 2.45) is 5.92 Å². The molecule has 20 heavy (non-hydrogen) atoms. The lowest BCUT2D eigenvalue weighted by atomic mass is 9.96. The number of ether oxygens (including phenoxy) is 1. The predicted molar refractivity (Wildman–Crippen MR) is 87.2 cm³/mol. The van der Waals surface area contributed by atoms with Gasteiger partial charge in [0.1, 0.15) is 5.75 Å². The quantitative estimate of drug-likeness (QED) is 0.859. The summed E-state index contributed by atoms with van der Waals surface area (Å²) in [6, 6.07) is 6.24. The molecule has 1 saturated heterocycles. The van der Waals surface area contributed by atoms with E-state index in [-0.39, 0.29) is 0 Å². The molecule has 1 aromatic rings. The minimum Gasteiger partial charge on any atom is -0.496 e. The number of piperidine rings is 1. The van der Waals surface area contributed by atoms with Gasteiger partial charge in [-0.05, 0) is 63.1 Å². The molecule has 1 aliphatic rings. The van der Waals surface area contributed by atoms with Gasteiger partial charge in [-0.2, -0.15) is 0 Å². The highest BCUT2D eigenvalue weighted by atomic mass is 79.9. The maximum absolute atomic E-state index is 5.46. The Hall–Kier alpha value is -0.580. The highest BCUT2D eigenvalue weighted by Crippen LogP contribution is 2.26. The topological polar surface area (TPSA) is 24.5 Å². The molecule has 1 aliphatic heterocycles. The van der Waals surface area contributed by atoms with Gasteiger partial charge < -0.3 is 10.1 Å². The highest BCUT2D eigenvalue weighted by Gasteiger charge is 2.19. The molecule has 3 nitrogen and oxygen atoms in total. The van der Waals surface area contributed by atoms with Crippen LogP contribution in [0.25, 0.3) is 0 Å². The zero-order valence-electron chi connectivity index (χ0n) is 12.5. The van der Waals surface area contributed by atoms with E-state index >= 15 is 0 Å². The summed E-state index contributed by atoms with van der Waals surface area (Å²) in [5.41, 5.74) is 1.27. The van der Waals surface area contributed by atoms with E-state index < -0.39 is 0 Å². The molecular weight excluding hydrogens is 316 g/mol. The second-order valence-corrected chi connectivity index (χ2v) is 6.40. The summed E-state index contributed by atoms with van der Waals surface area (Å²) in [4.78, 5) is 2.53. The Bertz CT molecular complexity index is 417. The molecule has 0 saturated carbocycles. The Morgan fingerprint density at radius 3 is 2.75 bits per heavy atom. The average Bonchev–Trinajstić information content (AvgIpc) is 2.47. The van der Waals surface area contributed by atoms with Crippen LogP contribution in [0, 0.1) is 5.92 Å². The summed E-state index contributed by atoms with van der Waals surface area (Å²) >= 11 is 3.55. The first-order valence-corrected chi connectivity index (χ1v) is 8.27. The van der Waals surface area contributed by atoms with E-state index in [9.17, 15) is 0 Å². The number of nitrogens with zero attached hydrogens (tertiary/aromatic N) is 1. The van der Waals surface area contributed by atoms with Gasteiger partial charge in [0.05, 0.1) is 7.11 Å². The molecule has 112 valence electrons. The van der Waals surface area contributed by atoms with Gasteiger partial charge in [-0.3, -0.25) is 4.90 Å². The highest BCUT2D eigenvalue weighted by molar-refractivity contribution is 9.10. The standard InChI is InChI=1S/C16H25BrN2O/c1-3-18-11-13-6-8-19(9-7-13)12-14-10-15(17)4-5-16(14)20-2/h4-5,10,13,18H,3,6-9,11-12H2,1-2H3. The molecule has 2 rings (SSSR count). The van der Waals surface area contributed by atoms with Crippen LogP contribution in [0.2, 0.25) is 0 Å². The van der Waals surface area contributed by atoms with Crippen molar-refractivity contribution in [2.75, 3.05) is 33.3 Å². The average molecular weight is 341 g/mol. The Morgan fingerprint density at radius 1 is 1.35 bits per heavy atom. The molecule has 0 radical (unpaired) electrons. The monoisotopic (exact) mass is 340 g/mol. The Morgan fingerprint density at radius 2 is 2.10 bits per heavy atom. The SMILES string of the molecule is CCNCC1CCN(Cc2cc(Br)ccc2OC)CC1. The molecule has 1 fully saturated rings. The van der Waals surface area contributed by atoms with Crippen molar-refractivity contribution in [2.45, 2.75) is 26.3 Å². The maximum atomic E-state index is 5.46. The van der Waals surface area contributed by atoms with Gasteiger partial charge in [-0.15, -0.1) is 0 Å². The van der Waals surface area contributed by atoms with E-state index in [1.807, 2.05) is 12.1 Å². The molecule has 4 heteroatoms. The molecule has 0 aliphatic carbocycles. The first kappa shape index (κ1) is 15.8. The first-order chi connectivity index (χ1) is 9.72. The van der Waals surface area contributed by atoms with Crippen LogP contribution in [-0.4, -0.2) is 38.2 Å². The third kappa shape index (κ3) is 4.47.